The fourth-order valence-corrected chi connectivity index (χ4v) is 2.68. The van der Waals surface area contributed by atoms with E-state index >= 15 is 0 Å². The van der Waals surface area contributed by atoms with Crippen LogP contribution in [0.5, 0.6) is 0 Å². The van der Waals surface area contributed by atoms with E-state index in [9.17, 15) is 13.2 Å². The van der Waals surface area contributed by atoms with E-state index in [0.717, 1.165) is 6.07 Å². The summed E-state index contributed by atoms with van der Waals surface area (Å²) in [6, 6.07) is 3.95. The fraction of sp³-hybridized carbons (Fsp3) is 0.308. The number of nitrogens with one attached hydrogen (secondary N) is 2. The maximum absolute atomic E-state index is 12.0. The molecule has 6 nitrogen and oxygen atoms in total. The van der Waals surface area contributed by atoms with Crippen LogP contribution in [0.1, 0.15) is 23.7 Å². The second-order valence-electron chi connectivity index (χ2n) is 4.08. The molecule has 0 aromatic heterocycles. The highest BCUT2D eigenvalue weighted by atomic mass is 32.2. The summed E-state index contributed by atoms with van der Waals surface area (Å²) in [6.45, 7) is 6.06. The standard InChI is InChI=1S/C13H18N2O4S/c1-3-7-14-12-6-5-10(9-11(12)13(16)17)20(18,19)15-8-4-2/h3,5-6,9,14-15H,1,4,7-8H2,2H3,(H,16,17). The van der Waals surface area contributed by atoms with Crippen molar-refractivity contribution in [3.63, 3.8) is 0 Å². The third-order valence-corrected chi connectivity index (χ3v) is 3.97. The summed E-state index contributed by atoms with van der Waals surface area (Å²) in [5.41, 5.74) is 0.262. The Morgan fingerprint density at radius 3 is 2.70 bits per heavy atom. The molecule has 0 aliphatic heterocycles. The van der Waals surface area contributed by atoms with E-state index in [1.165, 1.54) is 12.1 Å². The normalized spacial score (nSPS) is 11.1. The molecule has 1 aromatic rings. The van der Waals surface area contributed by atoms with Crippen molar-refractivity contribution in [3.05, 3.63) is 36.4 Å². The highest BCUT2D eigenvalue weighted by molar-refractivity contribution is 7.89. The van der Waals surface area contributed by atoms with Crippen molar-refractivity contribution in [1.82, 2.24) is 4.72 Å². The van der Waals surface area contributed by atoms with E-state index in [1.807, 2.05) is 6.92 Å². The predicted molar refractivity (Wildman–Crippen MR) is 77.6 cm³/mol. The van der Waals surface area contributed by atoms with Gasteiger partial charge in [-0.2, -0.15) is 0 Å². The summed E-state index contributed by atoms with van der Waals surface area (Å²) >= 11 is 0. The molecule has 110 valence electrons. The van der Waals surface area contributed by atoms with Gasteiger partial charge in [-0.1, -0.05) is 13.0 Å². The highest BCUT2D eigenvalue weighted by Crippen LogP contribution is 2.20. The van der Waals surface area contributed by atoms with Gasteiger partial charge in [0, 0.05) is 18.8 Å². The van der Waals surface area contributed by atoms with Crippen molar-refractivity contribution in [2.75, 3.05) is 18.4 Å². The Balaban J connectivity index is 3.16. The number of carbonyl (C=O) groups is 1. The van der Waals surface area contributed by atoms with Crippen molar-refractivity contribution in [1.29, 1.82) is 0 Å². The molecule has 0 saturated heterocycles. The Morgan fingerprint density at radius 2 is 2.15 bits per heavy atom. The van der Waals surface area contributed by atoms with E-state index in [0.29, 0.717) is 25.2 Å². The molecule has 0 aliphatic carbocycles. The molecule has 7 heteroatoms. The first-order valence-electron chi connectivity index (χ1n) is 6.14. The zero-order chi connectivity index (χ0) is 15.2. The number of anilines is 1. The van der Waals surface area contributed by atoms with Gasteiger partial charge in [0.25, 0.3) is 0 Å². The lowest BCUT2D eigenvalue weighted by Crippen LogP contribution is -2.24. The molecule has 0 unspecified atom stereocenters. The topological polar surface area (TPSA) is 95.5 Å². The van der Waals surface area contributed by atoms with E-state index in [2.05, 4.69) is 16.6 Å². The monoisotopic (exact) mass is 298 g/mol. The van der Waals surface area contributed by atoms with Crippen molar-refractivity contribution in [3.8, 4) is 0 Å². The van der Waals surface area contributed by atoms with E-state index in [4.69, 9.17) is 5.11 Å². The predicted octanol–water partition coefficient (Wildman–Crippen LogP) is 1.67. The van der Waals surface area contributed by atoms with Gasteiger partial charge in [-0.25, -0.2) is 17.9 Å². The van der Waals surface area contributed by atoms with Gasteiger partial charge >= 0.3 is 5.97 Å². The molecule has 0 atom stereocenters. The summed E-state index contributed by atoms with van der Waals surface area (Å²) in [4.78, 5) is 11.1. The maximum Gasteiger partial charge on any atom is 0.337 e. The van der Waals surface area contributed by atoms with Crippen molar-refractivity contribution >= 4 is 21.7 Å². The number of sulfonamides is 1. The molecule has 0 bridgehead atoms. The molecule has 0 spiro atoms. The molecule has 0 aliphatic rings. The van der Waals surface area contributed by atoms with Gasteiger partial charge in [0.05, 0.1) is 10.5 Å². The Kier molecular flexibility index (Phi) is 5.72. The molecule has 1 rings (SSSR count). The smallest absolute Gasteiger partial charge is 0.337 e. The summed E-state index contributed by atoms with van der Waals surface area (Å²) in [5.74, 6) is -1.19. The van der Waals surface area contributed by atoms with Crippen LogP contribution in [0.25, 0.3) is 0 Å². The number of benzene rings is 1. The number of aromatic carboxylic acids is 1. The van der Waals surface area contributed by atoms with Gasteiger partial charge < -0.3 is 10.4 Å². The third kappa shape index (κ3) is 4.07. The van der Waals surface area contributed by atoms with Gasteiger partial charge in [0.1, 0.15) is 0 Å². The van der Waals surface area contributed by atoms with Crippen LogP contribution in [0.3, 0.4) is 0 Å². The van der Waals surface area contributed by atoms with Crippen LogP contribution in [0, 0.1) is 0 Å². The molecule has 0 amide bonds. The van der Waals surface area contributed by atoms with Gasteiger partial charge in [-0.3, -0.25) is 0 Å². The lowest BCUT2D eigenvalue weighted by Gasteiger charge is -2.11. The molecule has 3 N–H and O–H groups in total. The Hall–Kier alpha value is -1.86. The Bertz CT molecular complexity index is 596. The number of hydrogen-bond acceptors (Lipinski definition) is 4. The second kappa shape index (κ2) is 7.06. The molecule has 20 heavy (non-hydrogen) atoms. The van der Waals surface area contributed by atoms with E-state index in [-0.39, 0.29) is 10.5 Å². The molecule has 0 fully saturated rings. The molecule has 0 heterocycles. The number of carboxylic acid groups (broad SMARTS) is 1. The highest BCUT2D eigenvalue weighted by Gasteiger charge is 2.18. The van der Waals surface area contributed by atoms with Crippen molar-refractivity contribution in [2.24, 2.45) is 0 Å². The van der Waals surface area contributed by atoms with Crippen molar-refractivity contribution in [2.45, 2.75) is 18.2 Å². The van der Waals surface area contributed by atoms with Gasteiger partial charge in [0.15, 0.2) is 0 Å². The number of hydrogen-bond donors (Lipinski definition) is 3. The van der Waals surface area contributed by atoms with Crippen LogP contribution >= 0.6 is 0 Å². The van der Waals surface area contributed by atoms with Gasteiger partial charge in [-0.15, -0.1) is 6.58 Å². The summed E-state index contributed by atoms with van der Waals surface area (Å²) < 4.78 is 26.3. The van der Waals surface area contributed by atoms with Crippen LogP contribution in [0.4, 0.5) is 5.69 Å². The lowest BCUT2D eigenvalue weighted by atomic mass is 10.2. The van der Waals surface area contributed by atoms with E-state index < -0.39 is 16.0 Å². The number of carboxylic acids is 1. The van der Waals surface area contributed by atoms with Crippen LogP contribution in [-0.4, -0.2) is 32.6 Å². The second-order valence-corrected chi connectivity index (χ2v) is 5.85. The number of rotatable bonds is 8. The summed E-state index contributed by atoms with van der Waals surface area (Å²) in [5, 5.41) is 12.0. The first-order valence-corrected chi connectivity index (χ1v) is 7.62. The van der Waals surface area contributed by atoms with Crippen LogP contribution in [-0.2, 0) is 10.0 Å². The minimum Gasteiger partial charge on any atom is -0.478 e. The first-order chi connectivity index (χ1) is 9.42. The largest absolute Gasteiger partial charge is 0.478 e. The third-order valence-electron chi connectivity index (χ3n) is 2.51. The van der Waals surface area contributed by atoms with Gasteiger partial charge in [-0.05, 0) is 24.6 Å². The molecular formula is C13H18N2O4S. The lowest BCUT2D eigenvalue weighted by molar-refractivity contribution is 0.0697. The maximum atomic E-state index is 12.0. The minimum absolute atomic E-state index is 0.0625. The van der Waals surface area contributed by atoms with Crippen LogP contribution in [0.15, 0.2) is 35.7 Å². The van der Waals surface area contributed by atoms with Crippen molar-refractivity contribution < 1.29 is 18.3 Å². The summed E-state index contributed by atoms with van der Waals surface area (Å²) in [7, 11) is -3.68. The molecule has 0 saturated carbocycles. The minimum atomic E-state index is -3.68. The average Bonchev–Trinajstić information content (AvgIpc) is 2.42. The average molecular weight is 298 g/mol. The Morgan fingerprint density at radius 1 is 1.45 bits per heavy atom. The first kappa shape index (κ1) is 16.2. The molecule has 0 radical (unpaired) electrons. The Labute approximate surface area is 118 Å². The quantitative estimate of drug-likeness (QED) is 0.635. The SMILES string of the molecule is C=CCNc1ccc(S(=O)(=O)NCCC)cc1C(=O)O. The van der Waals surface area contributed by atoms with Gasteiger partial charge in [0.2, 0.25) is 10.0 Å². The van der Waals surface area contributed by atoms with Crippen LogP contribution in [0.2, 0.25) is 0 Å². The molecule has 1 aromatic carbocycles. The summed E-state index contributed by atoms with van der Waals surface area (Å²) in [6.07, 6.45) is 2.24. The van der Waals surface area contributed by atoms with Crippen LogP contribution < -0.4 is 10.0 Å². The van der Waals surface area contributed by atoms with E-state index in [1.54, 1.807) is 6.08 Å². The zero-order valence-corrected chi connectivity index (χ0v) is 12.0. The fourth-order valence-electron chi connectivity index (χ4n) is 1.52. The zero-order valence-electron chi connectivity index (χ0n) is 11.2. The molecular weight excluding hydrogens is 280 g/mol.